The molecule has 0 aliphatic heterocycles. The predicted molar refractivity (Wildman–Crippen MR) is 145 cm³/mol. The summed E-state index contributed by atoms with van der Waals surface area (Å²) < 4.78 is 55.0. The van der Waals surface area contributed by atoms with Crippen molar-refractivity contribution >= 4 is 22.1 Å². The molecule has 3 aromatic carbocycles. The van der Waals surface area contributed by atoms with E-state index >= 15 is 0 Å². The van der Waals surface area contributed by atoms with Gasteiger partial charge in [0.15, 0.2) is 11.5 Å². The Balaban J connectivity index is 1.87. The Bertz CT molecular complexity index is 1390. The molecule has 0 heterocycles. The van der Waals surface area contributed by atoms with Gasteiger partial charge in [0.1, 0.15) is 16.4 Å². The topological polar surface area (TPSA) is 125 Å². The van der Waals surface area contributed by atoms with E-state index in [9.17, 15) is 13.2 Å². The molecule has 0 unspecified atom stereocenters. The van der Waals surface area contributed by atoms with Gasteiger partial charge in [-0.3, -0.25) is 4.79 Å². The van der Waals surface area contributed by atoms with E-state index in [0.29, 0.717) is 34.1 Å². The number of benzene rings is 3. The van der Waals surface area contributed by atoms with Crippen LogP contribution < -0.4 is 29.1 Å². The van der Waals surface area contributed by atoms with Crippen LogP contribution in [0.4, 0.5) is 0 Å². The van der Waals surface area contributed by atoms with Crippen molar-refractivity contribution < 1.29 is 36.9 Å². The summed E-state index contributed by atoms with van der Waals surface area (Å²) in [5.41, 5.74) is 3.63. The van der Waals surface area contributed by atoms with Crippen LogP contribution in [0.15, 0.2) is 70.7 Å². The lowest BCUT2D eigenvalue weighted by atomic mass is 10.2. The smallest absolute Gasteiger partial charge is 0.255 e. The molecule has 1 N–H and O–H groups in total. The first kappa shape index (κ1) is 29.3. The van der Waals surface area contributed by atoms with Gasteiger partial charge in [-0.2, -0.15) is 9.41 Å². The molecule has 3 rings (SSSR count). The fraction of sp³-hybridized carbons (Fsp3) is 0.259. The van der Waals surface area contributed by atoms with Gasteiger partial charge in [0.2, 0.25) is 15.8 Å². The summed E-state index contributed by atoms with van der Waals surface area (Å²) >= 11 is 0. The number of hydrazone groups is 1. The quantitative estimate of drug-likeness (QED) is 0.251. The maximum Gasteiger partial charge on any atom is 0.255 e. The SMILES string of the molecule is COc1ccc(OC)c(S(=O)(=O)N(CC(=O)N/N=C/c2cc(OC)c(OC)c(OC)c2)Cc2ccccc2)c1. The summed E-state index contributed by atoms with van der Waals surface area (Å²) in [4.78, 5) is 12.7. The molecule has 0 aliphatic carbocycles. The molecule has 1 amide bonds. The van der Waals surface area contributed by atoms with Crippen LogP contribution in [0.3, 0.4) is 0 Å². The molecule has 0 fully saturated rings. The van der Waals surface area contributed by atoms with Crippen molar-refractivity contribution in [2.24, 2.45) is 5.10 Å². The van der Waals surface area contributed by atoms with Gasteiger partial charge in [-0.15, -0.1) is 0 Å². The standard InChI is InChI=1S/C27H31N3O8S/c1-34-21-11-12-22(35-2)25(15-21)39(32,33)30(17-19-9-7-6-8-10-19)18-26(31)29-28-16-20-13-23(36-3)27(38-5)24(14-20)37-4/h6-16H,17-18H2,1-5H3,(H,29,31)/b28-16+. The summed E-state index contributed by atoms with van der Waals surface area (Å²) in [6.45, 7) is -0.572. The van der Waals surface area contributed by atoms with E-state index in [1.165, 1.54) is 53.9 Å². The van der Waals surface area contributed by atoms with Gasteiger partial charge < -0.3 is 23.7 Å². The fourth-order valence-electron chi connectivity index (χ4n) is 3.69. The molecule has 0 bridgehead atoms. The molecule has 3 aromatic rings. The van der Waals surface area contributed by atoms with Crippen LogP contribution >= 0.6 is 0 Å². The molecule has 0 saturated heterocycles. The minimum Gasteiger partial charge on any atom is -0.497 e. The third kappa shape index (κ3) is 7.18. The maximum atomic E-state index is 13.7. The Morgan fingerprint density at radius 1 is 0.846 bits per heavy atom. The number of nitrogens with zero attached hydrogens (tertiary/aromatic N) is 2. The van der Waals surface area contributed by atoms with E-state index in [1.54, 1.807) is 42.5 Å². The van der Waals surface area contributed by atoms with Crippen molar-refractivity contribution in [3.8, 4) is 28.7 Å². The van der Waals surface area contributed by atoms with Crippen molar-refractivity contribution in [1.29, 1.82) is 0 Å². The Hall–Kier alpha value is -4.29. The third-order valence-corrected chi connectivity index (χ3v) is 7.41. The summed E-state index contributed by atoms with van der Waals surface area (Å²) in [6.07, 6.45) is 1.38. The van der Waals surface area contributed by atoms with Crippen molar-refractivity contribution in [2.75, 3.05) is 42.1 Å². The monoisotopic (exact) mass is 557 g/mol. The second-order valence-electron chi connectivity index (χ2n) is 8.03. The van der Waals surface area contributed by atoms with Gasteiger partial charge in [-0.25, -0.2) is 13.8 Å². The molecule has 0 aromatic heterocycles. The van der Waals surface area contributed by atoms with E-state index < -0.39 is 22.5 Å². The number of amides is 1. The van der Waals surface area contributed by atoms with Gasteiger partial charge in [0.05, 0.1) is 48.3 Å². The van der Waals surface area contributed by atoms with Crippen LogP contribution in [-0.4, -0.2) is 66.9 Å². The number of methoxy groups -OCH3 is 5. The molecule has 39 heavy (non-hydrogen) atoms. The van der Waals surface area contributed by atoms with Crippen LogP contribution in [0.25, 0.3) is 0 Å². The number of rotatable bonds is 13. The van der Waals surface area contributed by atoms with Crippen molar-refractivity contribution in [2.45, 2.75) is 11.4 Å². The lowest BCUT2D eigenvalue weighted by Gasteiger charge is -2.23. The Morgan fingerprint density at radius 2 is 1.49 bits per heavy atom. The van der Waals surface area contributed by atoms with Crippen LogP contribution in [-0.2, 0) is 21.4 Å². The van der Waals surface area contributed by atoms with Crippen molar-refractivity contribution in [3.63, 3.8) is 0 Å². The number of nitrogens with one attached hydrogen (secondary N) is 1. The fourth-order valence-corrected chi connectivity index (χ4v) is 5.24. The molecule has 0 spiro atoms. The van der Waals surface area contributed by atoms with Gasteiger partial charge in [0.25, 0.3) is 5.91 Å². The minimum atomic E-state index is -4.20. The van der Waals surface area contributed by atoms with Gasteiger partial charge in [-0.05, 0) is 29.8 Å². The molecule has 12 heteroatoms. The van der Waals surface area contributed by atoms with Crippen LogP contribution in [0, 0.1) is 0 Å². The van der Waals surface area contributed by atoms with Crippen LogP contribution in [0.1, 0.15) is 11.1 Å². The third-order valence-electron chi connectivity index (χ3n) is 5.60. The second-order valence-corrected chi connectivity index (χ2v) is 9.93. The molecular formula is C27H31N3O8S. The highest BCUT2D eigenvalue weighted by atomic mass is 32.2. The first-order valence-corrected chi connectivity index (χ1v) is 13.1. The molecule has 0 aliphatic rings. The zero-order valence-corrected chi connectivity index (χ0v) is 23.2. The largest absolute Gasteiger partial charge is 0.497 e. The number of carbonyl (C=O) groups excluding carboxylic acids is 1. The van der Waals surface area contributed by atoms with E-state index in [1.807, 2.05) is 6.07 Å². The van der Waals surface area contributed by atoms with Gasteiger partial charge >= 0.3 is 0 Å². The average Bonchev–Trinajstić information content (AvgIpc) is 2.96. The highest BCUT2D eigenvalue weighted by molar-refractivity contribution is 7.89. The van der Waals surface area contributed by atoms with E-state index in [0.717, 1.165) is 4.31 Å². The zero-order chi connectivity index (χ0) is 28.4. The lowest BCUT2D eigenvalue weighted by molar-refractivity contribution is -0.121. The van der Waals surface area contributed by atoms with Crippen molar-refractivity contribution in [3.05, 3.63) is 71.8 Å². The Kier molecular flexibility index (Phi) is 10.1. The number of hydrogen-bond acceptors (Lipinski definition) is 9. The summed E-state index contributed by atoms with van der Waals surface area (Å²) in [7, 11) is 3.06. The number of carbonyl (C=O) groups is 1. The maximum absolute atomic E-state index is 13.7. The van der Waals surface area contributed by atoms with Crippen molar-refractivity contribution in [1.82, 2.24) is 9.73 Å². The average molecular weight is 558 g/mol. The molecule has 0 saturated carbocycles. The van der Waals surface area contributed by atoms with Gasteiger partial charge in [-0.1, -0.05) is 30.3 Å². The molecule has 0 radical (unpaired) electrons. The van der Waals surface area contributed by atoms with E-state index in [-0.39, 0.29) is 17.2 Å². The van der Waals surface area contributed by atoms with Gasteiger partial charge in [0, 0.05) is 18.2 Å². The molecule has 208 valence electrons. The molecule has 11 nitrogen and oxygen atoms in total. The second kappa shape index (κ2) is 13.5. The predicted octanol–water partition coefficient (Wildman–Crippen LogP) is 3.07. The highest BCUT2D eigenvalue weighted by Crippen LogP contribution is 2.37. The Labute approximate surface area is 227 Å². The number of ether oxygens (including phenoxy) is 5. The summed E-state index contributed by atoms with van der Waals surface area (Å²) in [6, 6.07) is 16.7. The number of sulfonamides is 1. The zero-order valence-electron chi connectivity index (χ0n) is 22.3. The summed E-state index contributed by atoms with van der Waals surface area (Å²) in [5, 5.41) is 3.98. The first-order chi connectivity index (χ1) is 18.8. The normalized spacial score (nSPS) is 11.3. The van der Waals surface area contributed by atoms with Crippen LogP contribution in [0.5, 0.6) is 28.7 Å². The minimum absolute atomic E-state index is 0.0620. The highest BCUT2D eigenvalue weighted by Gasteiger charge is 2.30. The molecule has 0 atom stereocenters. The molecular weight excluding hydrogens is 526 g/mol. The van der Waals surface area contributed by atoms with E-state index in [2.05, 4.69) is 10.5 Å². The van der Waals surface area contributed by atoms with Crippen LogP contribution in [0.2, 0.25) is 0 Å². The lowest BCUT2D eigenvalue weighted by Crippen LogP contribution is -2.39. The summed E-state index contributed by atoms with van der Waals surface area (Å²) in [5.74, 6) is 1.04. The Morgan fingerprint density at radius 3 is 2.05 bits per heavy atom. The first-order valence-electron chi connectivity index (χ1n) is 11.6. The number of hydrogen-bond donors (Lipinski definition) is 1. The van der Waals surface area contributed by atoms with E-state index in [4.69, 9.17) is 23.7 Å².